The van der Waals surface area contributed by atoms with Crippen molar-refractivity contribution in [3.05, 3.63) is 35.9 Å². The highest BCUT2D eigenvalue weighted by Gasteiger charge is 2.42. The Kier molecular flexibility index (Phi) is 3.42. The van der Waals surface area contributed by atoms with E-state index in [0.717, 1.165) is 6.54 Å². The van der Waals surface area contributed by atoms with E-state index in [2.05, 4.69) is 30.3 Å². The zero-order chi connectivity index (χ0) is 10.6. The van der Waals surface area contributed by atoms with Gasteiger partial charge in [0, 0.05) is 0 Å². The zero-order valence-electron chi connectivity index (χ0n) is 9.41. The van der Waals surface area contributed by atoms with Gasteiger partial charge in [-0.1, -0.05) is 43.2 Å². The Morgan fingerprint density at radius 3 is 2.33 bits per heavy atom. The van der Waals surface area contributed by atoms with Crippen molar-refractivity contribution in [2.45, 2.75) is 43.9 Å². The van der Waals surface area contributed by atoms with E-state index in [4.69, 9.17) is 5.73 Å². The van der Waals surface area contributed by atoms with Crippen molar-refractivity contribution < 1.29 is 0 Å². The Hall–Kier alpha value is -0.820. The summed E-state index contributed by atoms with van der Waals surface area (Å²) in [6.45, 7) is 0.846. The van der Waals surface area contributed by atoms with Crippen molar-refractivity contribution in [1.29, 1.82) is 0 Å². The Bertz CT molecular complexity index is 287. The van der Waals surface area contributed by atoms with Crippen LogP contribution in [0.4, 0.5) is 0 Å². The van der Waals surface area contributed by atoms with E-state index in [-0.39, 0.29) is 0 Å². The van der Waals surface area contributed by atoms with Crippen molar-refractivity contribution >= 4 is 0 Å². The molecule has 0 amide bonds. The minimum atomic E-state index is 0.551. The molecule has 0 saturated heterocycles. The second kappa shape index (κ2) is 4.80. The minimum absolute atomic E-state index is 0.551. The normalized spacial score (nSPS) is 17.7. The van der Waals surface area contributed by atoms with Crippen LogP contribution in [0.25, 0.3) is 0 Å². The summed E-state index contributed by atoms with van der Waals surface area (Å²) >= 11 is 0. The van der Waals surface area contributed by atoms with Crippen LogP contribution in [0.5, 0.6) is 0 Å². The molecule has 0 unspecified atom stereocenters. The van der Waals surface area contributed by atoms with Crippen LogP contribution in [0.15, 0.2) is 30.3 Å². The van der Waals surface area contributed by atoms with Gasteiger partial charge in [-0.25, -0.2) is 0 Å². The average molecular weight is 203 g/mol. The molecule has 15 heavy (non-hydrogen) atoms. The third kappa shape index (κ3) is 2.60. The van der Waals surface area contributed by atoms with Gasteiger partial charge in [-0.3, -0.25) is 0 Å². The van der Waals surface area contributed by atoms with Gasteiger partial charge in [0.2, 0.25) is 0 Å². The second-order valence-corrected chi connectivity index (χ2v) is 4.75. The van der Waals surface area contributed by atoms with Crippen LogP contribution in [-0.4, -0.2) is 6.54 Å². The van der Waals surface area contributed by atoms with Gasteiger partial charge in [0.05, 0.1) is 0 Å². The van der Waals surface area contributed by atoms with Crippen molar-refractivity contribution in [2.75, 3.05) is 6.54 Å². The van der Waals surface area contributed by atoms with Gasteiger partial charge in [-0.05, 0) is 43.2 Å². The fourth-order valence-electron chi connectivity index (χ4n) is 2.41. The smallest absolute Gasteiger partial charge is 0.00463 e. The summed E-state index contributed by atoms with van der Waals surface area (Å²) in [5, 5.41) is 0. The van der Waals surface area contributed by atoms with E-state index in [1.807, 2.05) is 0 Å². The molecular formula is C14H21N. The summed E-state index contributed by atoms with van der Waals surface area (Å²) in [5.41, 5.74) is 7.61. The molecule has 1 fully saturated rings. The summed E-state index contributed by atoms with van der Waals surface area (Å²) < 4.78 is 0. The first-order chi connectivity index (χ1) is 7.37. The maximum Gasteiger partial charge on any atom is -0.00463 e. The molecule has 1 aromatic rings. The lowest BCUT2D eigenvalue weighted by molar-refractivity contribution is 0.550. The predicted molar refractivity (Wildman–Crippen MR) is 64.9 cm³/mol. The first kappa shape index (κ1) is 10.7. The number of rotatable bonds is 6. The lowest BCUT2D eigenvalue weighted by Crippen LogP contribution is -2.06. The predicted octanol–water partition coefficient (Wildman–Crippen LogP) is 3.24. The Balaban J connectivity index is 1.86. The van der Waals surface area contributed by atoms with E-state index in [0.29, 0.717) is 5.41 Å². The molecule has 0 bridgehead atoms. The number of unbranched alkanes of at least 4 members (excludes halogenated alkanes) is 2. The van der Waals surface area contributed by atoms with Gasteiger partial charge in [0.25, 0.3) is 0 Å². The maximum absolute atomic E-state index is 5.51. The third-order valence-corrected chi connectivity index (χ3v) is 3.60. The summed E-state index contributed by atoms with van der Waals surface area (Å²) in [6.07, 6.45) is 7.96. The second-order valence-electron chi connectivity index (χ2n) is 4.75. The molecule has 2 rings (SSSR count). The highest BCUT2D eigenvalue weighted by atomic mass is 14.5. The molecule has 0 radical (unpaired) electrons. The SMILES string of the molecule is NCCCCCC1(c2ccccc2)CC1. The minimum Gasteiger partial charge on any atom is -0.330 e. The summed E-state index contributed by atoms with van der Waals surface area (Å²) in [4.78, 5) is 0. The first-order valence-electron chi connectivity index (χ1n) is 6.13. The van der Waals surface area contributed by atoms with Gasteiger partial charge < -0.3 is 5.73 Å². The monoisotopic (exact) mass is 203 g/mol. The van der Waals surface area contributed by atoms with Crippen LogP contribution < -0.4 is 5.73 Å². The van der Waals surface area contributed by atoms with E-state index in [9.17, 15) is 0 Å². The maximum atomic E-state index is 5.51. The van der Waals surface area contributed by atoms with Crippen LogP contribution in [0.2, 0.25) is 0 Å². The van der Waals surface area contributed by atoms with Crippen molar-refractivity contribution in [2.24, 2.45) is 5.73 Å². The van der Waals surface area contributed by atoms with Gasteiger partial charge >= 0.3 is 0 Å². The molecule has 0 aromatic heterocycles. The fourth-order valence-corrected chi connectivity index (χ4v) is 2.41. The van der Waals surface area contributed by atoms with Crippen LogP contribution in [0.3, 0.4) is 0 Å². The van der Waals surface area contributed by atoms with Gasteiger partial charge in [-0.2, -0.15) is 0 Å². The molecule has 0 atom stereocenters. The molecule has 1 aliphatic rings. The van der Waals surface area contributed by atoms with E-state index in [1.54, 1.807) is 5.56 Å². The van der Waals surface area contributed by atoms with E-state index >= 15 is 0 Å². The summed E-state index contributed by atoms with van der Waals surface area (Å²) in [5.74, 6) is 0. The third-order valence-electron chi connectivity index (χ3n) is 3.60. The van der Waals surface area contributed by atoms with Crippen molar-refractivity contribution in [3.63, 3.8) is 0 Å². The molecule has 0 spiro atoms. The van der Waals surface area contributed by atoms with E-state index < -0.39 is 0 Å². The average Bonchev–Trinajstić information content (AvgIpc) is 3.07. The van der Waals surface area contributed by atoms with Crippen LogP contribution in [0.1, 0.15) is 44.1 Å². The van der Waals surface area contributed by atoms with Gasteiger partial charge in [0.15, 0.2) is 0 Å². The molecular weight excluding hydrogens is 182 g/mol. The van der Waals surface area contributed by atoms with Gasteiger partial charge in [-0.15, -0.1) is 0 Å². The topological polar surface area (TPSA) is 26.0 Å². The Labute approximate surface area is 92.7 Å². The van der Waals surface area contributed by atoms with Crippen LogP contribution >= 0.6 is 0 Å². The molecule has 1 aliphatic carbocycles. The molecule has 82 valence electrons. The number of hydrogen-bond donors (Lipinski definition) is 1. The highest BCUT2D eigenvalue weighted by Crippen LogP contribution is 2.51. The van der Waals surface area contributed by atoms with E-state index in [1.165, 1.54) is 38.5 Å². The lowest BCUT2D eigenvalue weighted by Gasteiger charge is -2.15. The van der Waals surface area contributed by atoms with Crippen molar-refractivity contribution in [1.82, 2.24) is 0 Å². The molecule has 0 heterocycles. The van der Waals surface area contributed by atoms with Crippen molar-refractivity contribution in [3.8, 4) is 0 Å². The Morgan fingerprint density at radius 1 is 1.00 bits per heavy atom. The molecule has 1 nitrogen and oxygen atoms in total. The summed E-state index contributed by atoms with van der Waals surface area (Å²) in [6, 6.07) is 11.0. The highest BCUT2D eigenvalue weighted by molar-refractivity contribution is 5.30. The molecule has 0 aliphatic heterocycles. The largest absolute Gasteiger partial charge is 0.330 e. The number of benzene rings is 1. The lowest BCUT2D eigenvalue weighted by atomic mass is 9.90. The van der Waals surface area contributed by atoms with Crippen LogP contribution in [-0.2, 0) is 5.41 Å². The molecule has 1 heteroatoms. The first-order valence-corrected chi connectivity index (χ1v) is 6.13. The fraction of sp³-hybridized carbons (Fsp3) is 0.571. The zero-order valence-corrected chi connectivity index (χ0v) is 9.41. The van der Waals surface area contributed by atoms with Crippen LogP contribution in [0, 0.1) is 0 Å². The molecule has 1 aromatic carbocycles. The quantitative estimate of drug-likeness (QED) is 0.706. The molecule has 2 N–H and O–H groups in total. The number of nitrogens with two attached hydrogens (primary N) is 1. The van der Waals surface area contributed by atoms with Gasteiger partial charge in [0.1, 0.15) is 0 Å². The molecule has 1 saturated carbocycles. The Morgan fingerprint density at radius 2 is 1.73 bits per heavy atom. The summed E-state index contributed by atoms with van der Waals surface area (Å²) in [7, 11) is 0. The number of hydrogen-bond acceptors (Lipinski definition) is 1. The standard InChI is InChI=1S/C14H21N/c15-12-6-2-5-9-14(10-11-14)13-7-3-1-4-8-13/h1,3-4,7-8H,2,5-6,9-12,15H2.